The van der Waals surface area contributed by atoms with Crippen LogP contribution in [0.3, 0.4) is 0 Å². The van der Waals surface area contributed by atoms with Gasteiger partial charge in [0.05, 0.1) is 6.04 Å². The van der Waals surface area contributed by atoms with Crippen molar-refractivity contribution in [3.8, 4) is 0 Å². The lowest BCUT2D eigenvalue weighted by Gasteiger charge is -2.40. The van der Waals surface area contributed by atoms with Gasteiger partial charge >= 0.3 is 0 Å². The molecule has 1 aliphatic rings. The average molecular weight is 284 g/mol. The summed E-state index contributed by atoms with van der Waals surface area (Å²) in [5, 5.41) is 3.13. The van der Waals surface area contributed by atoms with E-state index >= 15 is 0 Å². The molecule has 0 radical (unpaired) electrons. The Hall–Kier alpha value is -0.650. The fourth-order valence-corrected chi connectivity index (χ4v) is 2.41. The Morgan fingerprint density at radius 1 is 1.20 bits per heavy atom. The molecule has 2 atom stereocenters. The molecule has 5 nitrogen and oxygen atoms in total. The van der Waals surface area contributed by atoms with Gasteiger partial charge in [-0.3, -0.25) is 14.6 Å². The number of hydrogen-bond acceptors (Lipinski definition) is 4. The molecule has 20 heavy (non-hydrogen) atoms. The SMILES string of the molecule is CCC(C)(C)NC(=O)C(C)N1CCN(C(C)CN)CC1. The van der Waals surface area contributed by atoms with E-state index in [1.165, 1.54) is 0 Å². The molecule has 1 amide bonds. The van der Waals surface area contributed by atoms with E-state index in [4.69, 9.17) is 5.73 Å². The Balaban J connectivity index is 2.46. The Morgan fingerprint density at radius 2 is 1.70 bits per heavy atom. The summed E-state index contributed by atoms with van der Waals surface area (Å²) in [5.74, 6) is 0.136. The molecule has 0 aliphatic carbocycles. The molecule has 5 heteroatoms. The second-order valence-corrected chi connectivity index (χ2v) is 6.56. The summed E-state index contributed by atoms with van der Waals surface area (Å²) in [6, 6.07) is 0.372. The van der Waals surface area contributed by atoms with Crippen molar-refractivity contribution in [3.63, 3.8) is 0 Å². The maximum absolute atomic E-state index is 12.3. The van der Waals surface area contributed by atoms with Crippen molar-refractivity contribution in [2.45, 2.75) is 58.7 Å². The normalized spacial score (nSPS) is 21.5. The van der Waals surface area contributed by atoms with E-state index in [0.717, 1.165) is 32.6 Å². The van der Waals surface area contributed by atoms with E-state index in [1.807, 2.05) is 6.92 Å². The summed E-state index contributed by atoms with van der Waals surface area (Å²) in [4.78, 5) is 17.0. The van der Waals surface area contributed by atoms with E-state index in [9.17, 15) is 4.79 Å². The molecule has 118 valence electrons. The third-order valence-corrected chi connectivity index (χ3v) is 4.59. The molecule has 1 rings (SSSR count). The summed E-state index contributed by atoms with van der Waals surface area (Å²) in [5.41, 5.74) is 5.59. The molecule has 0 spiro atoms. The monoisotopic (exact) mass is 284 g/mol. The molecular formula is C15H32N4O. The van der Waals surface area contributed by atoms with Gasteiger partial charge < -0.3 is 11.1 Å². The number of carbonyl (C=O) groups is 1. The zero-order valence-corrected chi connectivity index (χ0v) is 13.8. The Bertz CT molecular complexity index is 311. The van der Waals surface area contributed by atoms with E-state index in [0.29, 0.717) is 12.6 Å². The van der Waals surface area contributed by atoms with Gasteiger partial charge in [0.2, 0.25) is 5.91 Å². The summed E-state index contributed by atoms with van der Waals surface area (Å²) in [6.45, 7) is 14.9. The van der Waals surface area contributed by atoms with Crippen molar-refractivity contribution in [2.75, 3.05) is 32.7 Å². The van der Waals surface area contributed by atoms with Crippen molar-refractivity contribution in [3.05, 3.63) is 0 Å². The van der Waals surface area contributed by atoms with Crippen molar-refractivity contribution < 1.29 is 4.79 Å². The first-order valence-corrected chi connectivity index (χ1v) is 7.81. The quantitative estimate of drug-likeness (QED) is 0.751. The first-order valence-electron chi connectivity index (χ1n) is 7.81. The predicted molar refractivity (Wildman–Crippen MR) is 83.6 cm³/mol. The number of carbonyl (C=O) groups excluding carboxylic acids is 1. The highest BCUT2D eigenvalue weighted by Crippen LogP contribution is 2.12. The molecule has 0 aromatic carbocycles. The van der Waals surface area contributed by atoms with E-state index in [2.05, 4.69) is 42.8 Å². The maximum Gasteiger partial charge on any atom is 0.237 e. The van der Waals surface area contributed by atoms with Crippen LogP contribution in [-0.2, 0) is 4.79 Å². The minimum Gasteiger partial charge on any atom is -0.350 e. The van der Waals surface area contributed by atoms with Crippen LogP contribution in [0.25, 0.3) is 0 Å². The van der Waals surface area contributed by atoms with Crippen LogP contribution in [0, 0.1) is 0 Å². The van der Waals surface area contributed by atoms with E-state index in [-0.39, 0.29) is 17.5 Å². The lowest BCUT2D eigenvalue weighted by atomic mass is 10.0. The molecule has 1 saturated heterocycles. The minimum atomic E-state index is -0.124. The lowest BCUT2D eigenvalue weighted by molar-refractivity contribution is -0.128. The van der Waals surface area contributed by atoms with Crippen LogP contribution in [0.2, 0.25) is 0 Å². The fourth-order valence-electron chi connectivity index (χ4n) is 2.41. The topological polar surface area (TPSA) is 61.6 Å². The van der Waals surface area contributed by atoms with Gasteiger partial charge in [-0.1, -0.05) is 6.92 Å². The third kappa shape index (κ3) is 4.72. The molecule has 2 unspecified atom stereocenters. The maximum atomic E-state index is 12.3. The van der Waals surface area contributed by atoms with Crippen molar-refractivity contribution >= 4 is 5.91 Å². The van der Waals surface area contributed by atoms with Crippen molar-refractivity contribution in [1.82, 2.24) is 15.1 Å². The highest BCUT2D eigenvalue weighted by atomic mass is 16.2. The van der Waals surface area contributed by atoms with E-state index in [1.54, 1.807) is 0 Å². The molecule has 1 aliphatic heterocycles. The van der Waals surface area contributed by atoms with Crippen LogP contribution >= 0.6 is 0 Å². The number of piperazine rings is 1. The van der Waals surface area contributed by atoms with Gasteiger partial charge in [0, 0.05) is 44.3 Å². The zero-order valence-electron chi connectivity index (χ0n) is 13.8. The van der Waals surface area contributed by atoms with Crippen LogP contribution in [0.4, 0.5) is 0 Å². The summed E-state index contributed by atoms with van der Waals surface area (Å²) >= 11 is 0. The Kier molecular flexibility index (Phi) is 6.43. The molecule has 1 heterocycles. The van der Waals surface area contributed by atoms with Gasteiger partial charge in [-0.25, -0.2) is 0 Å². The lowest BCUT2D eigenvalue weighted by Crippen LogP contribution is -2.58. The zero-order chi connectivity index (χ0) is 15.3. The van der Waals surface area contributed by atoms with Crippen LogP contribution < -0.4 is 11.1 Å². The summed E-state index contributed by atoms with van der Waals surface area (Å²) < 4.78 is 0. The molecule has 0 saturated carbocycles. The van der Waals surface area contributed by atoms with Gasteiger partial charge in [-0.15, -0.1) is 0 Å². The number of rotatable bonds is 6. The molecule has 3 N–H and O–H groups in total. The number of hydrogen-bond donors (Lipinski definition) is 2. The molecule has 0 bridgehead atoms. The standard InChI is InChI=1S/C15H32N4O/c1-6-15(4,5)17-14(20)13(3)19-9-7-18(8-10-19)12(2)11-16/h12-13H,6-11,16H2,1-5H3,(H,17,20). The van der Waals surface area contributed by atoms with Crippen LogP contribution in [0.5, 0.6) is 0 Å². The van der Waals surface area contributed by atoms with Crippen LogP contribution in [0.1, 0.15) is 41.0 Å². The smallest absolute Gasteiger partial charge is 0.237 e. The third-order valence-electron chi connectivity index (χ3n) is 4.59. The van der Waals surface area contributed by atoms with Crippen LogP contribution in [0.15, 0.2) is 0 Å². The number of amides is 1. The molecule has 1 fully saturated rings. The minimum absolute atomic E-state index is 0.0591. The van der Waals surface area contributed by atoms with Gasteiger partial charge in [0.25, 0.3) is 0 Å². The largest absolute Gasteiger partial charge is 0.350 e. The van der Waals surface area contributed by atoms with E-state index < -0.39 is 0 Å². The fraction of sp³-hybridized carbons (Fsp3) is 0.933. The van der Waals surface area contributed by atoms with Gasteiger partial charge in [-0.05, 0) is 34.1 Å². The van der Waals surface area contributed by atoms with Crippen LogP contribution in [-0.4, -0.2) is 66.1 Å². The number of nitrogens with zero attached hydrogens (tertiary/aromatic N) is 2. The summed E-state index contributed by atoms with van der Waals surface area (Å²) in [6.07, 6.45) is 0.938. The van der Waals surface area contributed by atoms with Gasteiger partial charge in [0.15, 0.2) is 0 Å². The van der Waals surface area contributed by atoms with Crippen molar-refractivity contribution in [1.29, 1.82) is 0 Å². The first kappa shape index (κ1) is 17.4. The molecule has 0 aromatic rings. The number of nitrogens with one attached hydrogen (secondary N) is 1. The van der Waals surface area contributed by atoms with Crippen molar-refractivity contribution in [2.24, 2.45) is 5.73 Å². The Morgan fingerprint density at radius 3 is 2.15 bits per heavy atom. The second kappa shape index (κ2) is 7.38. The Labute approximate surface area is 123 Å². The number of nitrogens with two attached hydrogens (primary N) is 1. The highest BCUT2D eigenvalue weighted by molar-refractivity contribution is 5.82. The molecular weight excluding hydrogens is 252 g/mol. The second-order valence-electron chi connectivity index (χ2n) is 6.56. The van der Waals surface area contributed by atoms with Gasteiger partial charge in [0.1, 0.15) is 0 Å². The summed E-state index contributed by atoms with van der Waals surface area (Å²) in [7, 11) is 0. The predicted octanol–water partition coefficient (Wildman–Crippen LogP) is 0.645. The van der Waals surface area contributed by atoms with Gasteiger partial charge in [-0.2, -0.15) is 0 Å². The molecule has 0 aromatic heterocycles. The average Bonchev–Trinajstić information content (AvgIpc) is 2.45. The first-order chi connectivity index (χ1) is 9.30. The highest BCUT2D eigenvalue weighted by Gasteiger charge is 2.29.